The smallest absolute Gasteiger partial charge is 0.321 e. The van der Waals surface area contributed by atoms with Gasteiger partial charge in [-0.25, -0.2) is 4.98 Å². The van der Waals surface area contributed by atoms with Crippen LogP contribution >= 0.6 is 0 Å². The molecule has 30 heavy (non-hydrogen) atoms. The predicted molar refractivity (Wildman–Crippen MR) is 108 cm³/mol. The quantitative estimate of drug-likeness (QED) is 0.444. The Labute approximate surface area is 170 Å². The molecule has 4 aromatic rings. The van der Waals surface area contributed by atoms with Crippen LogP contribution in [0.2, 0.25) is 0 Å². The fourth-order valence-corrected chi connectivity index (χ4v) is 3.03. The van der Waals surface area contributed by atoms with Gasteiger partial charge in [-0.05, 0) is 47.2 Å². The summed E-state index contributed by atoms with van der Waals surface area (Å²) in [7, 11) is 1.59. The molecule has 0 fully saturated rings. The first-order valence-corrected chi connectivity index (χ1v) is 9.02. The molecule has 0 unspecified atom stereocenters. The van der Waals surface area contributed by atoms with E-state index in [0.29, 0.717) is 23.0 Å². The summed E-state index contributed by atoms with van der Waals surface area (Å²) < 4.78 is 16.4. The molecule has 0 aliphatic carbocycles. The van der Waals surface area contributed by atoms with Crippen LogP contribution in [0.1, 0.15) is 0 Å². The van der Waals surface area contributed by atoms with Gasteiger partial charge in [-0.2, -0.15) is 0 Å². The van der Waals surface area contributed by atoms with Crippen LogP contribution in [-0.4, -0.2) is 40.9 Å². The number of methoxy groups -OCH3 is 1. The largest absolute Gasteiger partial charge is 0.497 e. The molecule has 0 aliphatic rings. The number of rotatable bonds is 7. The van der Waals surface area contributed by atoms with Gasteiger partial charge in [0.1, 0.15) is 23.6 Å². The number of carboxylic acid groups (broad SMARTS) is 2. The van der Waals surface area contributed by atoms with Crippen LogP contribution in [0.5, 0.6) is 11.5 Å². The first-order chi connectivity index (χ1) is 14.4. The second-order valence-electron chi connectivity index (χ2n) is 6.62. The second kappa shape index (κ2) is 7.75. The lowest BCUT2D eigenvalue weighted by atomic mass is 10.1. The Balaban J connectivity index is 1.59. The van der Waals surface area contributed by atoms with Crippen LogP contribution in [0.3, 0.4) is 0 Å². The zero-order valence-corrected chi connectivity index (χ0v) is 15.9. The predicted octanol–water partition coefficient (Wildman–Crippen LogP) is 3.82. The van der Waals surface area contributed by atoms with E-state index in [9.17, 15) is 9.59 Å². The monoisotopic (exact) mass is 407 g/mol. The average Bonchev–Trinajstić information content (AvgIpc) is 3.16. The lowest BCUT2D eigenvalue weighted by molar-refractivity contribution is -0.155. The Bertz CT molecular complexity index is 1250. The number of nitrogens with zero attached hydrogens (tertiary/aromatic N) is 1. The highest BCUT2D eigenvalue weighted by molar-refractivity contribution is 5.93. The van der Waals surface area contributed by atoms with Crippen LogP contribution < -0.4 is 9.47 Å². The minimum Gasteiger partial charge on any atom is -0.497 e. The molecule has 0 saturated carbocycles. The van der Waals surface area contributed by atoms with Crippen molar-refractivity contribution in [3.05, 3.63) is 54.6 Å². The number of hydrogen-bond acceptors (Lipinski definition) is 6. The Morgan fingerprint density at radius 3 is 2.40 bits per heavy atom. The molecule has 1 aromatic heterocycles. The highest BCUT2D eigenvalue weighted by atomic mass is 16.5. The Morgan fingerprint density at radius 2 is 1.67 bits per heavy atom. The molecular formula is C22H17NO7. The summed E-state index contributed by atoms with van der Waals surface area (Å²) in [6.07, 6.45) is 0. The number of aliphatic carboxylic acids is 2. The number of benzene rings is 3. The van der Waals surface area contributed by atoms with Gasteiger partial charge >= 0.3 is 11.9 Å². The van der Waals surface area contributed by atoms with Crippen molar-refractivity contribution >= 4 is 33.8 Å². The molecule has 2 N–H and O–H groups in total. The van der Waals surface area contributed by atoms with E-state index in [-0.39, 0.29) is 0 Å². The SMILES string of the molecule is COc1ccc2nc(-c3ccc4cc(OCC(C(=O)O)C(=O)O)ccc4c3)oc2c1. The van der Waals surface area contributed by atoms with Crippen LogP contribution in [0.15, 0.2) is 59.0 Å². The van der Waals surface area contributed by atoms with Crippen molar-refractivity contribution in [1.82, 2.24) is 4.98 Å². The number of carbonyl (C=O) groups is 2. The number of aromatic nitrogens is 1. The summed E-state index contributed by atoms with van der Waals surface area (Å²) in [5, 5.41) is 19.6. The molecule has 0 saturated heterocycles. The summed E-state index contributed by atoms with van der Waals surface area (Å²) in [4.78, 5) is 26.4. The maximum Gasteiger partial charge on any atom is 0.321 e. The minimum absolute atomic E-state index is 0.386. The van der Waals surface area contributed by atoms with E-state index in [1.54, 1.807) is 31.4 Å². The van der Waals surface area contributed by atoms with Gasteiger partial charge in [0.2, 0.25) is 5.89 Å². The van der Waals surface area contributed by atoms with Gasteiger partial charge in [0.15, 0.2) is 11.5 Å². The van der Waals surface area contributed by atoms with Gasteiger partial charge in [0.05, 0.1) is 7.11 Å². The average molecular weight is 407 g/mol. The number of hydrogen-bond donors (Lipinski definition) is 2. The molecule has 0 aliphatic heterocycles. The zero-order valence-electron chi connectivity index (χ0n) is 15.9. The van der Waals surface area contributed by atoms with Crippen molar-refractivity contribution in [1.29, 1.82) is 0 Å². The van der Waals surface area contributed by atoms with Crippen LogP contribution in [0, 0.1) is 5.92 Å². The third kappa shape index (κ3) is 3.75. The van der Waals surface area contributed by atoms with Crippen LogP contribution in [0.4, 0.5) is 0 Å². The van der Waals surface area contributed by atoms with E-state index < -0.39 is 24.5 Å². The highest BCUT2D eigenvalue weighted by Gasteiger charge is 2.26. The third-order valence-corrected chi connectivity index (χ3v) is 4.67. The van der Waals surface area contributed by atoms with Crippen molar-refractivity contribution in [2.24, 2.45) is 5.92 Å². The number of carboxylic acids is 2. The summed E-state index contributed by atoms with van der Waals surface area (Å²) in [5.74, 6) is -2.96. The third-order valence-electron chi connectivity index (χ3n) is 4.67. The van der Waals surface area contributed by atoms with Gasteiger partial charge in [-0.3, -0.25) is 9.59 Å². The van der Waals surface area contributed by atoms with E-state index in [2.05, 4.69) is 4.98 Å². The lowest BCUT2D eigenvalue weighted by Gasteiger charge is -2.10. The molecule has 0 bridgehead atoms. The maximum absolute atomic E-state index is 11.0. The molecule has 4 rings (SSSR count). The standard InChI is InChI=1S/C22H17NO7/c1-28-15-6-7-18-19(10-15)30-20(23-18)14-3-2-13-9-16(5-4-12(13)8-14)29-11-17(21(24)25)22(26)27/h2-10,17H,11H2,1H3,(H,24,25)(H,26,27). The van der Waals surface area contributed by atoms with Gasteiger partial charge in [0, 0.05) is 11.6 Å². The van der Waals surface area contributed by atoms with Crippen molar-refractivity contribution in [3.63, 3.8) is 0 Å². The lowest BCUT2D eigenvalue weighted by Crippen LogP contribution is -2.29. The molecule has 3 aromatic carbocycles. The van der Waals surface area contributed by atoms with E-state index in [1.807, 2.05) is 30.3 Å². The van der Waals surface area contributed by atoms with E-state index in [0.717, 1.165) is 21.9 Å². The fourth-order valence-electron chi connectivity index (χ4n) is 3.03. The van der Waals surface area contributed by atoms with Crippen molar-refractivity contribution in [2.45, 2.75) is 0 Å². The molecule has 0 atom stereocenters. The summed E-state index contributed by atoms with van der Waals surface area (Å²) >= 11 is 0. The summed E-state index contributed by atoms with van der Waals surface area (Å²) in [5.41, 5.74) is 2.14. The van der Waals surface area contributed by atoms with E-state index in [4.69, 9.17) is 24.1 Å². The fraction of sp³-hybridized carbons (Fsp3) is 0.136. The Hall–Kier alpha value is -4.07. The van der Waals surface area contributed by atoms with Crippen molar-refractivity contribution < 1.29 is 33.7 Å². The molecule has 0 radical (unpaired) electrons. The molecule has 1 heterocycles. The minimum atomic E-state index is -1.62. The zero-order chi connectivity index (χ0) is 21.3. The van der Waals surface area contributed by atoms with Gasteiger partial charge in [0.25, 0.3) is 0 Å². The first-order valence-electron chi connectivity index (χ1n) is 9.02. The maximum atomic E-state index is 11.0. The highest BCUT2D eigenvalue weighted by Crippen LogP contribution is 2.30. The number of fused-ring (bicyclic) bond motifs is 2. The molecule has 0 spiro atoms. The van der Waals surface area contributed by atoms with Crippen molar-refractivity contribution in [3.8, 4) is 23.0 Å². The number of ether oxygens (including phenoxy) is 2. The molecular weight excluding hydrogens is 390 g/mol. The Kier molecular flexibility index (Phi) is 4.97. The second-order valence-corrected chi connectivity index (χ2v) is 6.62. The summed E-state index contributed by atoms with van der Waals surface area (Å²) in [6, 6.07) is 16.2. The molecule has 152 valence electrons. The number of oxazole rings is 1. The van der Waals surface area contributed by atoms with Gasteiger partial charge in [-0.15, -0.1) is 0 Å². The summed E-state index contributed by atoms with van der Waals surface area (Å²) in [6.45, 7) is -0.458. The molecule has 8 heteroatoms. The topological polar surface area (TPSA) is 119 Å². The van der Waals surface area contributed by atoms with Crippen molar-refractivity contribution in [2.75, 3.05) is 13.7 Å². The van der Waals surface area contributed by atoms with Crippen LogP contribution in [0.25, 0.3) is 33.3 Å². The van der Waals surface area contributed by atoms with Gasteiger partial charge in [-0.1, -0.05) is 12.1 Å². The van der Waals surface area contributed by atoms with E-state index >= 15 is 0 Å². The first kappa shape index (κ1) is 19.3. The van der Waals surface area contributed by atoms with Crippen LogP contribution in [-0.2, 0) is 9.59 Å². The van der Waals surface area contributed by atoms with E-state index in [1.165, 1.54) is 0 Å². The Morgan fingerprint density at radius 1 is 0.967 bits per heavy atom. The van der Waals surface area contributed by atoms with Gasteiger partial charge < -0.3 is 24.1 Å². The molecule has 0 amide bonds. The normalized spacial score (nSPS) is 11.1. The molecule has 8 nitrogen and oxygen atoms in total.